The van der Waals surface area contributed by atoms with Crippen molar-refractivity contribution in [3.63, 3.8) is 0 Å². The zero-order valence-electron chi connectivity index (χ0n) is 23.9. The van der Waals surface area contributed by atoms with Crippen molar-refractivity contribution >= 4 is 68.2 Å². The fraction of sp³-hybridized carbons (Fsp3) is 0.188. The molecule has 0 spiro atoms. The molecule has 0 saturated carbocycles. The minimum atomic E-state index is 0.819. The average Bonchev–Trinajstić information content (AvgIpc) is 3.80. The SMILES string of the molecule is COc1ccc(-c2sc(C)c(-c3c(-c4c(C)sc(-c5ccc(OC)cc5)c4C)c4nsnc4c4nsnc34)c2C)cc1. The van der Waals surface area contributed by atoms with E-state index in [1.807, 2.05) is 46.9 Å². The Morgan fingerprint density at radius 3 is 1.19 bits per heavy atom. The number of benzene rings is 3. The molecule has 210 valence electrons. The fourth-order valence-electron chi connectivity index (χ4n) is 5.82. The molecule has 3 aromatic carbocycles. The Bertz CT molecular complexity index is 1950. The van der Waals surface area contributed by atoms with Crippen LogP contribution >= 0.6 is 46.1 Å². The molecule has 0 bridgehead atoms. The molecule has 0 amide bonds. The second-order valence-corrected chi connectivity index (χ2v) is 13.6. The van der Waals surface area contributed by atoms with E-state index < -0.39 is 0 Å². The monoisotopic (exact) mass is 626 g/mol. The van der Waals surface area contributed by atoms with Gasteiger partial charge in [0.1, 0.15) is 33.6 Å². The first-order chi connectivity index (χ1) is 20.4. The summed E-state index contributed by atoms with van der Waals surface area (Å²) < 4.78 is 30.0. The van der Waals surface area contributed by atoms with Crippen LogP contribution in [0.25, 0.3) is 65.2 Å². The van der Waals surface area contributed by atoms with Crippen molar-refractivity contribution in [2.24, 2.45) is 0 Å². The molecule has 0 aliphatic carbocycles. The van der Waals surface area contributed by atoms with Gasteiger partial charge in [0.2, 0.25) is 0 Å². The van der Waals surface area contributed by atoms with Gasteiger partial charge in [0.25, 0.3) is 0 Å². The molecule has 7 aromatic rings. The number of aromatic nitrogens is 4. The summed E-state index contributed by atoms with van der Waals surface area (Å²) in [5.74, 6) is 1.69. The summed E-state index contributed by atoms with van der Waals surface area (Å²) in [5.41, 5.74) is 12.8. The van der Waals surface area contributed by atoms with Gasteiger partial charge < -0.3 is 9.47 Å². The van der Waals surface area contributed by atoms with Gasteiger partial charge in [0.05, 0.1) is 37.7 Å². The minimum Gasteiger partial charge on any atom is -0.497 e. The van der Waals surface area contributed by atoms with Gasteiger partial charge in [-0.15, -0.1) is 22.7 Å². The molecule has 10 heteroatoms. The number of hydrogen-bond acceptors (Lipinski definition) is 10. The van der Waals surface area contributed by atoms with E-state index in [1.165, 1.54) is 76.3 Å². The van der Waals surface area contributed by atoms with Crippen LogP contribution in [0.2, 0.25) is 0 Å². The molecule has 0 atom stereocenters. The van der Waals surface area contributed by atoms with Crippen LogP contribution in [0, 0.1) is 27.7 Å². The summed E-state index contributed by atoms with van der Waals surface area (Å²) in [7, 11) is 3.39. The van der Waals surface area contributed by atoms with Crippen LogP contribution in [0.4, 0.5) is 0 Å². The summed E-state index contributed by atoms with van der Waals surface area (Å²) >= 11 is 6.09. The van der Waals surface area contributed by atoms with E-state index in [9.17, 15) is 0 Å². The highest BCUT2D eigenvalue weighted by molar-refractivity contribution is 7.16. The molecule has 0 fully saturated rings. The van der Waals surface area contributed by atoms with Crippen LogP contribution in [0.15, 0.2) is 48.5 Å². The third kappa shape index (κ3) is 4.16. The lowest BCUT2D eigenvalue weighted by Crippen LogP contribution is -1.94. The number of nitrogens with zero attached hydrogens (tertiary/aromatic N) is 4. The number of methoxy groups -OCH3 is 2. The Balaban J connectivity index is 1.53. The molecule has 0 unspecified atom stereocenters. The van der Waals surface area contributed by atoms with Crippen molar-refractivity contribution in [3.05, 3.63) is 69.4 Å². The Hall–Kier alpha value is -3.70. The predicted octanol–water partition coefficient (Wildman–Crippen LogP) is 9.74. The van der Waals surface area contributed by atoms with E-state index in [0.29, 0.717) is 0 Å². The summed E-state index contributed by atoms with van der Waals surface area (Å²) in [5, 5.41) is 0. The standard InChI is InChI=1S/C32H26N4O2S4/c1-15-23(17(3)39-31(15)19-7-11-21(37-5)12-8-19)25-26(28-30(36-42-34-28)29-27(25)33-41-35-29)24-16(2)32(40-18(24)4)20-9-13-22(38-6)14-10-20/h7-14H,1-6H3. The highest BCUT2D eigenvalue weighted by atomic mass is 32.1. The maximum Gasteiger partial charge on any atom is 0.134 e. The topological polar surface area (TPSA) is 70.0 Å². The van der Waals surface area contributed by atoms with E-state index >= 15 is 0 Å². The molecule has 6 nitrogen and oxygen atoms in total. The Labute approximate surface area is 259 Å². The van der Waals surface area contributed by atoms with E-state index in [2.05, 4.69) is 52.0 Å². The Morgan fingerprint density at radius 1 is 0.476 bits per heavy atom. The maximum absolute atomic E-state index is 5.41. The second-order valence-electron chi connectivity index (χ2n) is 10.1. The van der Waals surface area contributed by atoms with Crippen LogP contribution in [-0.2, 0) is 0 Å². The molecule has 42 heavy (non-hydrogen) atoms. The molecule has 0 N–H and O–H groups in total. The van der Waals surface area contributed by atoms with Crippen LogP contribution < -0.4 is 9.47 Å². The lowest BCUT2D eigenvalue weighted by molar-refractivity contribution is 0.415. The van der Waals surface area contributed by atoms with Gasteiger partial charge in [-0.2, -0.15) is 17.5 Å². The largest absolute Gasteiger partial charge is 0.497 e. The first-order valence-electron chi connectivity index (χ1n) is 13.3. The summed E-state index contributed by atoms with van der Waals surface area (Å²) in [6.07, 6.45) is 0. The minimum absolute atomic E-state index is 0.819. The van der Waals surface area contributed by atoms with Gasteiger partial charge in [-0.1, -0.05) is 0 Å². The summed E-state index contributed by atoms with van der Waals surface area (Å²) in [6.45, 7) is 8.84. The van der Waals surface area contributed by atoms with Gasteiger partial charge in [-0.05, 0) is 98.5 Å². The first-order valence-corrected chi connectivity index (χ1v) is 16.4. The zero-order chi connectivity index (χ0) is 29.1. The van der Waals surface area contributed by atoms with E-state index in [1.54, 1.807) is 14.2 Å². The molecular formula is C32H26N4O2S4. The van der Waals surface area contributed by atoms with E-state index in [0.717, 1.165) is 44.7 Å². The van der Waals surface area contributed by atoms with Crippen molar-refractivity contribution < 1.29 is 9.47 Å². The smallest absolute Gasteiger partial charge is 0.134 e. The van der Waals surface area contributed by atoms with Crippen LogP contribution in [-0.4, -0.2) is 31.7 Å². The van der Waals surface area contributed by atoms with Crippen molar-refractivity contribution in [2.45, 2.75) is 27.7 Å². The quantitative estimate of drug-likeness (QED) is 0.183. The second kappa shape index (κ2) is 10.5. The fourth-order valence-corrected chi connectivity index (χ4v) is 9.27. The molecule has 0 saturated heterocycles. The predicted molar refractivity (Wildman–Crippen MR) is 178 cm³/mol. The zero-order valence-corrected chi connectivity index (χ0v) is 27.1. The summed E-state index contributed by atoms with van der Waals surface area (Å²) in [4.78, 5) is 4.94. The van der Waals surface area contributed by atoms with Crippen LogP contribution in [0.5, 0.6) is 11.5 Å². The van der Waals surface area contributed by atoms with Gasteiger partial charge in [0.15, 0.2) is 0 Å². The van der Waals surface area contributed by atoms with Crippen molar-refractivity contribution in [2.75, 3.05) is 14.2 Å². The van der Waals surface area contributed by atoms with Crippen LogP contribution in [0.3, 0.4) is 0 Å². The Morgan fingerprint density at radius 2 is 0.833 bits per heavy atom. The number of ether oxygens (including phenoxy) is 2. The van der Waals surface area contributed by atoms with Gasteiger partial charge in [-0.25, -0.2) is 0 Å². The van der Waals surface area contributed by atoms with Gasteiger partial charge >= 0.3 is 0 Å². The first kappa shape index (κ1) is 27.2. The van der Waals surface area contributed by atoms with E-state index in [4.69, 9.17) is 27.0 Å². The van der Waals surface area contributed by atoms with E-state index in [-0.39, 0.29) is 0 Å². The molecule has 0 radical (unpaired) electrons. The lowest BCUT2D eigenvalue weighted by Gasteiger charge is -2.14. The molecule has 0 aliphatic rings. The number of aryl methyl sites for hydroxylation is 2. The number of rotatable bonds is 6. The summed E-state index contributed by atoms with van der Waals surface area (Å²) in [6, 6.07) is 16.6. The average molecular weight is 627 g/mol. The van der Waals surface area contributed by atoms with Crippen LogP contribution in [0.1, 0.15) is 20.9 Å². The molecule has 0 aliphatic heterocycles. The number of thiophene rings is 2. The van der Waals surface area contributed by atoms with Crippen molar-refractivity contribution in [1.29, 1.82) is 0 Å². The molecule has 4 heterocycles. The third-order valence-corrected chi connectivity index (χ3v) is 11.3. The maximum atomic E-state index is 5.41. The lowest BCUT2D eigenvalue weighted by atomic mass is 9.87. The van der Waals surface area contributed by atoms with Crippen molar-refractivity contribution in [3.8, 4) is 54.6 Å². The number of hydrogen-bond donors (Lipinski definition) is 0. The molecule has 7 rings (SSSR count). The normalized spacial score (nSPS) is 11.6. The van der Waals surface area contributed by atoms with Gasteiger partial charge in [0, 0.05) is 41.8 Å². The highest BCUT2D eigenvalue weighted by Crippen LogP contribution is 2.52. The van der Waals surface area contributed by atoms with Crippen molar-refractivity contribution in [1.82, 2.24) is 17.5 Å². The van der Waals surface area contributed by atoms with Gasteiger partial charge in [-0.3, -0.25) is 0 Å². The Kier molecular flexibility index (Phi) is 6.81. The number of fused-ring (bicyclic) bond motifs is 3. The third-order valence-electron chi connectivity index (χ3n) is 7.77. The highest BCUT2D eigenvalue weighted by Gasteiger charge is 2.30. The molecule has 4 aromatic heterocycles. The molecular weight excluding hydrogens is 601 g/mol.